The Labute approximate surface area is 81.6 Å². The topological polar surface area (TPSA) is 81.1 Å². The maximum Gasteiger partial charge on any atom is 0.292 e. The summed E-state index contributed by atoms with van der Waals surface area (Å²) in [6.45, 7) is 0.408. The van der Waals surface area contributed by atoms with Crippen molar-refractivity contribution in [2.45, 2.75) is 13.0 Å². The smallest absolute Gasteiger partial charge is 0.292 e. The van der Waals surface area contributed by atoms with Crippen LogP contribution in [0.1, 0.15) is 6.42 Å². The van der Waals surface area contributed by atoms with Crippen LogP contribution in [0, 0.1) is 5.41 Å². The van der Waals surface area contributed by atoms with Gasteiger partial charge in [0, 0.05) is 19.2 Å². The Morgan fingerprint density at radius 2 is 2.43 bits per heavy atom. The van der Waals surface area contributed by atoms with Gasteiger partial charge in [0.1, 0.15) is 0 Å². The van der Waals surface area contributed by atoms with E-state index < -0.39 is 0 Å². The van der Waals surface area contributed by atoms with Gasteiger partial charge in [-0.15, -0.1) is 0 Å². The molecule has 14 heavy (non-hydrogen) atoms. The average molecular weight is 195 g/mol. The standard InChI is InChI=1S/C9H13N3O2/c1-14-7-3-2-5-12(9(7)13)6-4-8(10)11/h2-3,5H,4,6H2,1H3,(H3,10,11). The molecule has 5 nitrogen and oxygen atoms in total. The molecule has 0 unspecified atom stereocenters. The van der Waals surface area contributed by atoms with Gasteiger partial charge in [-0.05, 0) is 12.1 Å². The fraction of sp³-hybridized carbons (Fsp3) is 0.333. The molecular formula is C9H13N3O2. The van der Waals surface area contributed by atoms with E-state index in [-0.39, 0.29) is 11.4 Å². The van der Waals surface area contributed by atoms with E-state index >= 15 is 0 Å². The highest BCUT2D eigenvalue weighted by atomic mass is 16.5. The molecule has 0 radical (unpaired) electrons. The minimum Gasteiger partial charge on any atom is -0.491 e. The third kappa shape index (κ3) is 2.35. The molecule has 0 amide bonds. The van der Waals surface area contributed by atoms with Crippen LogP contribution in [0.5, 0.6) is 5.75 Å². The molecule has 1 heterocycles. The number of aromatic nitrogens is 1. The summed E-state index contributed by atoms with van der Waals surface area (Å²) in [5.41, 5.74) is 5.00. The number of rotatable bonds is 4. The number of aryl methyl sites for hydroxylation is 1. The van der Waals surface area contributed by atoms with Crippen molar-refractivity contribution >= 4 is 5.84 Å². The van der Waals surface area contributed by atoms with E-state index in [9.17, 15) is 4.79 Å². The predicted molar refractivity (Wildman–Crippen MR) is 53.8 cm³/mol. The van der Waals surface area contributed by atoms with Crippen LogP contribution in [0.2, 0.25) is 0 Å². The molecule has 0 saturated carbocycles. The maximum absolute atomic E-state index is 11.5. The SMILES string of the molecule is COc1cccn(CCC(=N)N)c1=O. The van der Waals surface area contributed by atoms with Crippen molar-refractivity contribution in [2.24, 2.45) is 5.73 Å². The summed E-state index contributed by atoms with van der Waals surface area (Å²) in [6.07, 6.45) is 2.01. The largest absolute Gasteiger partial charge is 0.491 e. The number of nitrogens with one attached hydrogen (secondary N) is 1. The monoisotopic (exact) mass is 195 g/mol. The molecule has 0 bridgehead atoms. The van der Waals surface area contributed by atoms with Gasteiger partial charge in [0.15, 0.2) is 5.75 Å². The van der Waals surface area contributed by atoms with E-state index in [0.717, 1.165) is 0 Å². The Morgan fingerprint density at radius 3 is 3.00 bits per heavy atom. The summed E-state index contributed by atoms with van der Waals surface area (Å²) < 4.78 is 6.35. The number of nitrogens with two attached hydrogens (primary N) is 1. The second kappa shape index (κ2) is 4.45. The first-order chi connectivity index (χ1) is 6.65. The second-order valence-corrected chi connectivity index (χ2v) is 2.85. The van der Waals surface area contributed by atoms with Gasteiger partial charge in [-0.2, -0.15) is 0 Å². The van der Waals surface area contributed by atoms with E-state index in [1.807, 2.05) is 0 Å². The molecule has 1 rings (SSSR count). The van der Waals surface area contributed by atoms with E-state index in [1.54, 1.807) is 18.3 Å². The molecular weight excluding hydrogens is 182 g/mol. The highest BCUT2D eigenvalue weighted by Crippen LogP contribution is 2.00. The van der Waals surface area contributed by atoms with Crippen molar-refractivity contribution in [3.63, 3.8) is 0 Å². The number of hydrogen-bond acceptors (Lipinski definition) is 3. The number of hydrogen-bond donors (Lipinski definition) is 2. The first-order valence-electron chi connectivity index (χ1n) is 4.21. The highest BCUT2D eigenvalue weighted by Gasteiger charge is 2.02. The molecule has 0 aliphatic carbocycles. The van der Waals surface area contributed by atoms with Crippen molar-refractivity contribution < 1.29 is 4.74 Å². The number of nitrogens with zero attached hydrogens (tertiary/aromatic N) is 1. The lowest BCUT2D eigenvalue weighted by Crippen LogP contribution is -2.23. The van der Waals surface area contributed by atoms with Crippen LogP contribution >= 0.6 is 0 Å². The summed E-state index contributed by atoms with van der Waals surface area (Å²) >= 11 is 0. The van der Waals surface area contributed by atoms with Crippen molar-refractivity contribution in [3.8, 4) is 5.75 Å². The first kappa shape index (κ1) is 10.3. The highest BCUT2D eigenvalue weighted by molar-refractivity contribution is 5.76. The van der Waals surface area contributed by atoms with Crippen LogP contribution in [-0.4, -0.2) is 17.5 Å². The Hall–Kier alpha value is -1.78. The van der Waals surface area contributed by atoms with Crippen LogP contribution in [0.3, 0.4) is 0 Å². The zero-order valence-corrected chi connectivity index (χ0v) is 7.99. The van der Waals surface area contributed by atoms with Crippen LogP contribution in [0.15, 0.2) is 23.1 Å². The van der Waals surface area contributed by atoms with Gasteiger partial charge in [-0.1, -0.05) is 0 Å². The Kier molecular flexibility index (Phi) is 3.28. The average Bonchev–Trinajstić information content (AvgIpc) is 2.16. The van der Waals surface area contributed by atoms with Gasteiger partial charge in [0.2, 0.25) is 0 Å². The quantitative estimate of drug-likeness (QED) is 0.531. The van der Waals surface area contributed by atoms with Gasteiger partial charge >= 0.3 is 0 Å². The third-order valence-electron chi connectivity index (χ3n) is 1.83. The minimum absolute atomic E-state index is 0.0692. The molecule has 0 spiro atoms. The predicted octanol–water partition coefficient (Wildman–Crippen LogP) is 0.183. The normalized spacial score (nSPS) is 9.79. The van der Waals surface area contributed by atoms with Crippen molar-refractivity contribution in [3.05, 3.63) is 28.7 Å². The third-order valence-corrected chi connectivity index (χ3v) is 1.83. The zero-order chi connectivity index (χ0) is 10.6. The molecule has 0 aliphatic heterocycles. The lowest BCUT2D eigenvalue weighted by atomic mass is 10.3. The molecule has 0 aromatic carbocycles. The van der Waals surface area contributed by atoms with E-state index in [2.05, 4.69) is 0 Å². The van der Waals surface area contributed by atoms with Crippen LogP contribution < -0.4 is 16.0 Å². The number of amidine groups is 1. The molecule has 1 aromatic heterocycles. The Balaban J connectivity index is 2.87. The molecule has 0 atom stereocenters. The maximum atomic E-state index is 11.5. The van der Waals surface area contributed by atoms with Gasteiger partial charge in [-0.3, -0.25) is 10.2 Å². The van der Waals surface area contributed by atoms with E-state index in [1.165, 1.54) is 11.7 Å². The lowest BCUT2D eigenvalue weighted by molar-refractivity contribution is 0.402. The summed E-state index contributed by atoms with van der Waals surface area (Å²) in [6, 6.07) is 3.33. The summed E-state index contributed by atoms with van der Waals surface area (Å²) in [7, 11) is 1.45. The van der Waals surface area contributed by atoms with Crippen LogP contribution in [-0.2, 0) is 6.54 Å². The molecule has 3 N–H and O–H groups in total. The number of pyridine rings is 1. The molecule has 5 heteroatoms. The van der Waals surface area contributed by atoms with Crippen molar-refractivity contribution in [1.82, 2.24) is 4.57 Å². The van der Waals surface area contributed by atoms with Gasteiger partial charge < -0.3 is 15.0 Å². The minimum atomic E-state index is -0.198. The number of methoxy groups -OCH3 is 1. The number of ether oxygens (including phenoxy) is 1. The summed E-state index contributed by atoms with van der Waals surface area (Å²) in [5, 5.41) is 7.04. The summed E-state index contributed by atoms with van der Waals surface area (Å²) in [5.74, 6) is 0.371. The summed E-state index contributed by atoms with van der Waals surface area (Å²) in [4.78, 5) is 11.5. The molecule has 0 saturated heterocycles. The van der Waals surface area contributed by atoms with Crippen molar-refractivity contribution in [1.29, 1.82) is 5.41 Å². The molecule has 76 valence electrons. The lowest BCUT2D eigenvalue weighted by Gasteiger charge is -2.06. The van der Waals surface area contributed by atoms with Gasteiger partial charge in [0.25, 0.3) is 5.56 Å². The molecule has 0 fully saturated rings. The second-order valence-electron chi connectivity index (χ2n) is 2.85. The Bertz CT molecular complexity index is 384. The Morgan fingerprint density at radius 1 is 1.71 bits per heavy atom. The van der Waals surface area contributed by atoms with E-state index in [0.29, 0.717) is 18.7 Å². The molecule has 1 aromatic rings. The van der Waals surface area contributed by atoms with Crippen molar-refractivity contribution in [2.75, 3.05) is 7.11 Å². The van der Waals surface area contributed by atoms with E-state index in [4.69, 9.17) is 15.9 Å². The fourth-order valence-electron chi connectivity index (χ4n) is 1.09. The van der Waals surface area contributed by atoms with Crippen LogP contribution in [0.4, 0.5) is 0 Å². The van der Waals surface area contributed by atoms with Gasteiger partial charge in [-0.25, -0.2) is 0 Å². The molecule has 0 aliphatic rings. The van der Waals surface area contributed by atoms with Crippen LogP contribution in [0.25, 0.3) is 0 Å². The first-order valence-corrected chi connectivity index (χ1v) is 4.21. The zero-order valence-electron chi connectivity index (χ0n) is 7.99. The fourth-order valence-corrected chi connectivity index (χ4v) is 1.09. The van der Waals surface area contributed by atoms with Gasteiger partial charge in [0.05, 0.1) is 12.9 Å².